The van der Waals surface area contributed by atoms with Crippen molar-refractivity contribution in [1.82, 2.24) is 10.6 Å². The van der Waals surface area contributed by atoms with E-state index in [1.807, 2.05) is 0 Å². The summed E-state index contributed by atoms with van der Waals surface area (Å²) in [5, 5.41) is 6.37. The van der Waals surface area contributed by atoms with Gasteiger partial charge in [0.25, 0.3) is 0 Å². The molecule has 0 aliphatic heterocycles. The Morgan fingerprint density at radius 2 is 0.875 bits per heavy atom. The summed E-state index contributed by atoms with van der Waals surface area (Å²) in [5.74, 6) is -0.222. The number of carbonyl (C=O) groups excluding carboxylic acids is 2. The van der Waals surface area contributed by atoms with Crippen LogP contribution in [-0.2, 0) is 9.59 Å². The fraction of sp³-hybridized carbons (Fsp3) is 0.750. The summed E-state index contributed by atoms with van der Waals surface area (Å²) in [6, 6.07) is 0. The Bertz CT molecular complexity index is 557. The Hall–Kier alpha value is -0.700. The average molecular weight is 582 g/mol. The van der Waals surface area contributed by atoms with Crippen molar-refractivity contribution < 1.29 is 52.5 Å². The number of ketones is 2. The fourth-order valence-corrected chi connectivity index (χ4v) is 4.40. The molecule has 0 amide bonds. The van der Waals surface area contributed by atoms with Gasteiger partial charge < -0.3 is 53.6 Å². The second-order valence-electron chi connectivity index (χ2n) is 8.43. The van der Waals surface area contributed by atoms with Gasteiger partial charge in [0.2, 0.25) is 11.6 Å². The van der Waals surface area contributed by atoms with E-state index in [0.29, 0.717) is 24.5 Å². The molecular weight excluding hydrogens is 536 g/mol. The largest absolute Gasteiger partial charge is 1.00 e. The Kier molecular flexibility index (Phi) is 17.6. The van der Waals surface area contributed by atoms with Gasteiger partial charge in [0.1, 0.15) is 0 Å². The average Bonchev–Trinajstić information content (AvgIpc) is 2.77. The Labute approximate surface area is 217 Å². The van der Waals surface area contributed by atoms with Crippen LogP contribution in [0.2, 0.25) is 0 Å². The van der Waals surface area contributed by atoms with Crippen molar-refractivity contribution in [2.24, 2.45) is 0 Å². The van der Waals surface area contributed by atoms with Crippen molar-refractivity contribution in [2.75, 3.05) is 65.4 Å². The molecule has 0 radical (unpaired) electrons. The molecule has 1 aliphatic rings. The highest BCUT2D eigenvalue weighted by Crippen LogP contribution is 2.11. The molecule has 0 unspecified atom stereocenters. The van der Waals surface area contributed by atoms with Crippen molar-refractivity contribution in [3.05, 3.63) is 23.5 Å². The first kappa shape index (κ1) is 33.5. The first-order chi connectivity index (χ1) is 14.3. The molecule has 0 spiro atoms. The highest BCUT2D eigenvalue weighted by molar-refractivity contribution is 6.19. The van der Waals surface area contributed by atoms with Crippen molar-refractivity contribution in [3.8, 4) is 0 Å². The van der Waals surface area contributed by atoms with E-state index in [2.05, 4.69) is 52.2 Å². The van der Waals surface area contributed by atoms with Crippen molar-refractivity contribution >= 4 is 11.6 Å². The van der Waals surface area contributed by atoms with Crippen LogP contribution in [0.5, 0.6) is 0 Å². The van der Waals surface area contributed by atoms with Crippen molar-refractivity contribution in [1.29, 1.82) is 0 Å². The SMILES string of the molecule is CC[N+](CC)(CC)CCCNC1=CC(=O)C(NCCC[N+](CC)(CC)CC)=CC1=O.[Br-].[Br-]. The molecule has 0 aromatic carbocycles. The zero-order valence-electron chi connectivity index (χ0n) is 21.1. The Morgan fingerprint density at radius 3 is 1.12 bits per heavy atom. The maximum Gasteiger partial charge on any atom is 0.203 e. The summed E-state index contributed by atoms with van der Waals surface area (Å²) in [4.78, 5) is 24.9. The van der Waals surface area contributed by atoms with Crippen LogP contribution in [0.1, 0.15) is 54.4 Å². The molecule has 0 aromatic heterocycles. The second kappa shape index (κ2) is 16.8. The number of hydrogen-bond acceptors (Lipinski definition) is 4. The summed E-state index contributed by atoms with van der Waals surface area (Å²) in [5.41, 5.74) is 0.846. The van der Waals surface area contributed by atoms with E-state index >= 15 is 0 Å². The van der Waals surface area contributed by atoms with Crippen LogP contribution in [0.4, 0.5) is 0 Å². The monoisotopic (exact) mass is 580 g/mol. The van der Waals surface area contributed by atoms with Crippen LogP contribution in [0.25, 0.3) is 0 Å². The predicted molar refractivity (Wildman–Crippen MR) is 125 cm³/mol. The van der Waals surface area contributed by atoms with Gasteiger partial charge in [-0.15, -0.1) is 0 Å². The summed E-state index contributed by atoms with van der Waals surface area (Å²) >= 11 is 0. The van der Waals surface area contributed by atoms with Gasteiger partial charge in [0.15, 0.2) is 0 Å². The maximum absolute atomic E-state index is 12.4. The zero-order valence-corrected chi connectivity index (χ0v) is 24.3. The minimum absolute atomic E-state index is 0. The molecule has 1 aliphatic carbocycles. The standard InChI is InChI=1S/C24H44N4O2.2BrH/c1-7-27(8-2,9-3)17-13-15-25-21-19-24(30)22(20-23(21)29)26-16-14-18-28(10-4,11-5)12-6;;/h19-20H,7-18H2,1-6H3;2*1H. The summed E-state index contributed by atoms with van der Waals surface area (Å²) < 4.78 is 2.19. The van der Waals surface area contributed by atoms with Gasteiger partial charge in [-0.05, 0) is 41.5 Å². The van der Waals surface area contributed by atoms with E-state index in [4.69, 9.17) is 0 Å². The second-order valence-corrected chi connectivity index (χ2v) is 8.43. The van der Waals surface area contributed by atoms with Gasteiger partial charge >= 0.3 is 0 Å². The van der Waals surface area contributed by atoms with Crippen LogP contribution < -0.4 is 44.6 Å². The number of hydrogen-bond donors (Lipinski definition) is 2. The van der Waals surface area contributed by atoms with E-state index in [1.54, 1.807) is 0 Å². The summed E-state index contributed by atoms with van der Waals surface area (Å²) in [6.45, 7) is 23.7. The minimum atomic E-state index is -0.111. The molecule has 0 atom stereocenters. The van der Waals surface area contributed by atoms with E-state index in [0.717, 1.165) is 74.2 Å². The van der Waals surface area contributed by atoms with Crippen LogP contribution in [-0.4, -0.2) is 86.0 Å². The van der Waals surface area contributed by atoms with Crippen molar-refractivity contribution in [3.63, 3.8) is 0 Å². The van der Waals surface area contributed by atoms with Crippen LogP contribution >= 0.6 is 0 Å². The molecule has 188 valence electrons. The first-order valence-corrected chi connectivity index (χ1v) is 12.0. The number of rotatable bonds is 16. The lowest BCUT2D eigenvalue weighted by Gasteiger charge is -2.36. The number of allylic oxidation sites excluding steroid dienone is 2. The molecule has 0 saturated carbocycles. The highest BCUT2D eigenvalue weighted by atomic mass is 79.9. The number of carbonyl (C=O) groups is 2. The Balaban J connectivity index is 0. The molecular formula is C24H46Br2N4O2. The molecule has 0 heterocycles. The molecule has 1 rings (SSSR count). The van der Waals surface area contributed by atoms with Gasteiger partial charge in [0, 0.05) is 38.1 Å². The maximum atomic E-state index is 12.4. The van der Waals surface area contributed by atoms with E-state index in [1.165, 1.54) is 12.2 Å². The minimum Gasteiger partial charge on any atom is -1.00 e. The van der Waals surface area contributed by atoms with Crippen LogP contribution in [0.15, 0.2) is 23.5 Å². The predicted octanol–water partition coefficient (Wildman–Crippen LogP) is -3.37. The fourth-order valence-electron chi connectivity index (χ4n) is 4.40. The molecule has 32 heavy (non-hydrogen) atoms. The molecule has 0 fully saturated rings. The van der Waals surface area contributed by atoms with Crippen LogP contribution in [0.3, 0.4) is 0 Å². The molecule has 0 saturated heterocycles. The third-order valence-corrected chi connectivity index (χ3v) is 7.36. The number of halogens is 2. The molecule has 0 aromatic rings. The lowest BCUT2D eigenvalue weighted by molar-refractivity contribution is -0.923. The molecule has 0 bridgehead atoms. The Morgan fingerprint density at radius 1 is 0.594 bits per heavy atom. The zero-order chi connectivity index (χ0) is 22.6. The van der Waals surface area contributed by atoms with E-state index in [9.17, 15) is 9.59 Å². The lowest BCUT2D eigenvalue weighted by Crippen LogP contribution is -3.00. The molecule has 6 nitrogen and oxygen atoms in total. The van der Waals surface area contributed by atoms with E-state index in [-0.39, 0.29) is 45.5 Å². The third kappa shape index (κ3) is 9.65. The van der Waals surface area contributed by atoms with E-state index < -0.39 is 0 Å². The summed E-state index contributed by atoms with van der Waals surface area (Å²) in [6.07, 6.45) is 4.87. The van der Waals surface area contributed by atoms with Crippen molar-refractivity contribution in [2.45, 2.75) is 54.4 Å². The van der Waals surface area contributed by atoms with Gasteiger partial charge in [-0.25, -0.2) is 0 Å². The lowest BCUT2D eigenvalue weighted by atomic mass is 10.1. The first-order valence-electron chi connectivity index (χ1n) is 12.0. The van der Waals surface area contributed by atoms with Gasteiger partial charge in [0.05, 0.1) is 63.8 Å². The molecule has 8 heteroatoms. The van der Waals surface area contributed by atoms with Gasteiger partial charge in [-0.1, -0.05) is 0 Å². The summed E-state index contributed by atoms with van der Waals surface area (Å²) in [7, 11) is 0. The number of nitrogens with zero attached hydrogens (tertiary/aromatic N) is 2. The van der Waals surface area contributed by atoms with Gasteiger partial charge in [-0.3, -0.25) is 9.59 Å². The van der Waals surface area contributed by atoms with Crippen LogP contribution in [0, 0.1) is 0 Å². The smallest absolute Gasteiger partial charge is 0.203 e. The topological polar surface area (TPSA) is 58.2 Å². The normalized spacial score (nSPS) is 14.2. The third-order valence-electron chi connectivity index (χ3n) is 7.36. The quantitative estimate of drug-likeness (QED) is 0.114. The van der Waals surface area contributed by atoms with Gasteiger partial charge in [-0.2, -0.15) is 0 Å². The molecule has 2 N–H and O–H groups in total. The highest BCUT2D eigenvalue weighted by Gasteiger charge is 2.23. The number of quaternary nitrogens is 2. The number of nitrogens with one attached hydrogen (secondary N) is 2.